The van der Waals surface area contributed by atoms with Crippen LogP contribution in [0.4, 0.5) is 17.1 Å². The number of nitrogens with zero attached hydrogens (tertiary/aromatic N) is 2. The van der Waals surface area contributed by atoms with Crippen LogP contribution in [-0.4, -0.2) is 139 Å². The normalized spacial score (nSPS) is 15.5. The van der Waals surface area contributed by atoms with Crippen molar-refractivity contribution in [2.24, 2.45) is 0 Å². The monoisotopic (exact) mass is 1440 g/mol. The third-order valence-corrected chi connectivity index (χ3v) is 20.7. The van der Waals surface area contributed by atoms with Crippen LogP contribution in [0.5, 0.6) is 0 Å². The molecule has 0 saturated heterocycles. The van der Waals surface area contributed by atoms with E-state index >= 15 is 0 Å². The van der Waals surface area contributed by atoms with Gasteiger partial charge in [0.25, 0.3) is 0 Å². The van der Waals surface area contributed by atoms with Crippen molar-refractivity contribution in [3.05, 3.63) is 120 Å². The zero-order chi connectivity index (χ0) is 68.2. The fourth-order valence-corrected chi connectivity index (χ4v) is 15.3. The minimum absolute atomic E-state index is 0.0698. The van der Waals surface area contributed by atoms with Crippen LogP contribution in [-0.2, 0) is 78.6 Å². The number of thioether (sulfide) groups is 1. The number of aliphatic carboxylic acids is 2. The molecule has 0 fully saturated rings. The molecule has 500 valence electrons. The Labute approximate surface area is 552 Å². The first-order chi connectivity index (χ1) is 43.9. The number of carboxylic acid groups (broad SMARTS) is 2. The van der Waals surface area contributed by atoms with Crippen molar-refractivity contribution in [3.8, 4) is 0 Å². The number of nitrogens with one attached hydrogen (secondary N) is 4. The number of fused-ring (bicyclic) bond motifs is 6. The number of rotatable bonds is 33. The Morgan fingerprint density at radius 1 is 0.731 bits per heavy atom. The van der Waals surface area contributed by atoms with E-state index in [1.165, 1.54) is 36.4 Å². The van der Waals surface area contributed by atoms with Crippen LogP contribution < -0.4 is 51.2 Å². The van der Waals surface area contributed by atoms with Gasteiger partial charge in [0, 0.05) is 63.7 Å². The molecule has 2 heterocycles. The molecular weight excluding hydrogens is 1380 g/mol. The maximum absolute atomic E-state index is 13.2. The van der Waals surface area contributed by atoms with E-state index < -0.39 is 123 Å². The van der Waals surface area contributed by atoms with E-state index in [2.05, 4.69) is 40.0 Å². The molecule has 34 heteroatoms. The predicted molar refractivity (Wildman–Crippen MR) is 332 cm³/mol. The Bertz CT molecular complexity index is 4050. The van der Waals surface area contributed by atoms with Crippen molar-refractivity contribution >= 4 is 156 Å². The molecule has 6 N–H and O–H groups in total. The summed E-state index contributed by atoms with van der Waals surface area (Å²) in [5.74, 6) is -6.79. The summed E-state index contributed by atoms with van der Waals surface area (Å²) in [5.41, 5.74) is 2.82. The molecule has 7 rings (SSSR count). The fraction of sp³-hybridized carbons (Fsp3) is 0.339. The van der Waals surface area contributed by atoms with Crippen molar-refractivity contribution in [2.45, 2.75) is 116 Å². The van der Waals surface area contributed by atoms with E-state index in [4.69, 9.17) is 0 Å². The number of amides is 4. The Morgan fingerprint density at radius 2 is 1.40 bits per heavy atom. The van der Waals surface area contributed by atoms with E-state index in [-0.39, 0.29) is 39.5 Å². The molecule has 0 bridgehead atoms. The van der Waals surface area contributed by atoms with Gasteiger partial charge in [0.1, 0.15) is 26.8 Å². The maximum atomic E-state index is 13.2. The summed E-state index contributed by atoms with van der Waals surface area (Å²) in [7, 11) is -10.1. The quantitative estimate of drug-likeness (QED) is 0.00485. The van der Waals surface area contributed by atoms with Gasteiger partial charge in [-0.2, -0.15) is 13.2 Å². The molecule has 0 aliphatic carbocycles. The number of carbonyl (C=O) groups excluding carboxylic acids is 6. The Morgan fingerprint density at radius 3 is 2.04 bits per heavy atom. The Kier molecular flexibility index (Phi) is 25.4. The molecule has 93 heavy (non-hydrogen) atoms. The molecule has 5 aromatic rings. The second kappa shape index (κ2) is 32.1. The molecule has 2 atom stereocenters. The molecule has 2 aliphatic rings. The van der Waals surface area contributed by atoms with Gasteiger partial charge in [-0.05, 0) is 110 Å². The van der Waals surface area contributed by atoms with Crippen molar-refractivity contribution in [3.63, 3.8) is 0 Å². The summed E-state index contributed by atoms with van der Waals surface area (Å²) in [6.45, 7) is 9.49. The molecule has 0 aromatic heterocycles. The number of hydrogen-bond acceptors (Lipinski definition) is 26. The number of carboxylic acids is 2. The van der Waals surface area contributed by atoms with E-state index in [1.54, 1.807) is 36.4 Å². The number of unbranched alkanes of at least 4 members (excludes halogenated alkanes) is 2. The molecule has 4 amide bonds. The molecule has 0 radical (unpaired) electrons. The van der Waals surface area contributed by atoms with Gasteiger partial charge in [-0.1, -0.05) is 44.6 Å². The molecule has 2 aliphatic heterocycles. The predicted octanol–water partition coefficient (Wildman–Crippen LogP) is 0.431. The van der Waals surface area contributed by atoms with Gasteiger partial charge in [0.15, 0.2) is 5.71 Å². The van der Waals surface area contributed by atoms with E-state index in [0.717, 1.165) is 35.3 Å². The van der Waals surface area contributed by atoms with Crippen molar-refractivity contribution in [1.82, 2.24) is 16.0 Å². The fourth-order valence-electron chi connectivity index (χ4n) is 11.2. The molecule has 0 saturated carbocycles. The second-order valence-corrected chi connectivity index (χ2v) is 29.6. The van der Waals surface area contributed by atoms with E-state index in [9.17, 15) is 83.6 Å². The number of anilines is 2. The van der Waals surface area contributed by atoms with Gasteiger partial charge in [-0.25, -0.2) is 16.8 Å². The second-order valence-electron chi connectivity index (χ2n) is 22.0. The molecule has 0 unspecified atom stereocenters. The summed E-state index contributed by atoms with van der Waals surface area (Å²) < 4.78 is 106. The van der Waals surface area contributed by atoms with Crippen LogP contribution in [0.15, 0.2) is 128 Å². The SMILES string of the molecule is CC[N+]1=C(/C=C/C=C/C=C2/N(CCCCCC(=O)N[C@@H](CCC(=O)N[C@H](CSCC(=O)Nc3ccc([As](O)O)cc3)C(=O)NCC(=O)[O-])C(=O)[O-])c3ccc4c(S(=O)(=O)[O-])cc(SOO[O-])cc4c3C2(C)C)C(C)(C)c2c1ccc1c(SOO[O-])cc(S(=O)(=O)[O-])cc21. The summed E-state index contributed by atoms with van der Waals surface area (Å²) in [6.07, 6.45) is 9.03. The number of allylic oxidation sites excluding steroid dienone is 6. The van der Waals surface area contributed by atoms with Crippen LogP contribution >= 0.6 is 35.8 Å². The van der Waals surface area contributed by atoms with Gasteiger partial charge >= 0.3 is 130 Å². The molecular formula is C59H62AsN6O22S5-5. The average Bonchev–Trinajstić information content (AvgIpc) is 1.60. The van der Waals surface area contributed by atoms with E-state index in [1.807, 2.05) is 62.3 Å². The van der Waals surface area contributed by atoms with Crippen molar-refractivity contribution < 1.29 is 107 Å². The minimum Gasteiger partial charge on any atom is -0.744 e. The van der Waals surface area contributed by atoms with Crippen LogP contribution in [0.1, 0.15) is 84.3 Å². The minimum atomic E-state index is -5.10. The molecule has 5 aromatic carbocycles. The zero-order valence-electron chi connectivity index (χ0n) is 50.2. The van der Waals surface area contributed by atoms with Crippen LogP contribution in [0.3, 0.4) is 0 Å². The van der Waals surface area contributed by atoms with Crippen LogP contribution in [0.2, 0.25) is 0 Å². The van der Waals surface area contributed by atoms with Crippen molar-refractivity contribution in [1.29, 1.82) is 0 Å². The van der Waals surface area contributed by atoms with Crippen molar-refractivity contribution in [2.75, 3.05) is 41.4 Å². The summed E-state index contributed by atoms with van der Waals surface area (Å²) >= 11 is -1.36. The third kappa shape index (κ3) is 18.4. The molecule has 28 nitrogen and oxygen atoms in total. The number of hydrogen-bond donors (Lipinski definition) is 6. The Hall–Kier alpha value is -6.76. The van der Waals surface area contributed by atoms with Gasteiger partial charge in [0.05, 0.1) is 63.8 Å². The first-order valence-electron chi connectivity index (χ1n) is 28.2. The molecule has 0 spiro atoms. The zero-order valence-corrected chi connectivity index (χ0v) is 56.1. The standard InChI is InChI=1S/C59H67AsN6O22S5/c1-6-65-44-23-20-38-41(29-37(92(79,80)81)30-46(38)91-88-86-78)55(44)58(2,3)48(65)13-9-7-10-14-49-59(4,5)54-40-27-36(90-87-85-77)28-47(93(82,83)84)39(40)21-24-45(54)66(49)26-12-8-11-15-50(67)63-42(57(73)74)22-25-51(68)64-43(56(72)61-31-53(70)71)32-89-33-52(69)62-35-18-16-34(17-19-35)60(75)76/h7,9-10,13-14,16-21,23-24,27-30,42-43,75-76H,6,8,11-12,15,22,25-26,31-33H2,1-5H3,(H9-,61,62,63,64,67,68,69,70,71,72,73,74,77,78,79,80,81,82,83,84)/p-5/t42-,43+/m0/s1. The number of carbonyl (C=O) groups is 6. The van der Waals surface area contributed by atoms with Gasteiger partial charge in [-0.3, -0.25) is 19.7 Å². The van der Waals surface area contributed by atoms with Gasteiger partial charge in [0.2, 0.25) is 11.6 Å². The third-order valence-electron chi connectivity index (χ3n) is 15.2. The first-order valence-corrected chi connectivity index (χ1v) is 36.3. The van der Waals surface area contributed by atoms with Crippen LogP contribution in [0, 0.1) is 0 Å². The van der Waals surface area contributed by atoms with E-state index in [0.29, 0.717) is 98.7 Å². The topological polar surface area (TPSA) is 441 Å². The number of benzene rings is 5. The van der Waals surface area contributed by atoms with Crippen LogP contribution in [0.25, 0.3) is 21.5 Å². The average molecular weight is 1440 g/mol. The Balaban J connectivity index is 1.05. The van der Waals surface area contributed by atoms with Gasteiger partial charge < -0.3 is 49.6 Å². The summed E-state index contributed by atoms with van der Waals surface area (Å²) in [6, 6.07) is 14.6. The summed E-state index contributed by atoms with van der Waals surface area (Å²) in [5, 5.41) is 62.8. The summed E-state index contributed by atoms with van der Waals surface area (Å²) in [4.78, 5) is 76.3. The first kappa shape index (κ1) is 73.6. The smallest absolute Gasteiger partial charge is 0.744 e. The van der Waals surface area contributed by atoms with Gasteiger partial charge in [-0.15, -0.1) is 0 Å².